The van der Waals surface area contributed by atoms with Gasteiger partial charge in [-0.1, -0.05) is 33.8 Å². The van der Waals surface area contributed by atoms with Gasteiger partial charge in [-0.3, -0.25) is 0 Å². The molecule has 0 heterocycles. The lowest BCUT2D eigenvalue weighted by molar-refractivity contribution is 0.241. The first-order valence-corrected chi connectivity index (χ1v) is 6.31. The monoisotopic (exact) mass is 235 g/mol. The van der Waals surface area contributed by atoms with Crippen LogP contribution in [0.5, 0.6) is 5.75 Å². The van der Waals surface area contributed by atoms with Crippen molar-refractivity contribution in [2.24, 2.45) is 0 Å². The second-order valence-corrected chi connectivity index (χ2v) is 3.28. The topological polar surface area (TPSA) is 33.0 Å². The second-order valence-electron chi connectivity index (χ2n) is 3.28. The maximum atomic E-state index is 8.83. The normalized spacial score (nSPS) is 8.18. The molecule has 0 bridgehead atoms. The summed E-state index contributed by atoms with van der Waals surface area (Å²) in [6.45, 7) is 13.8. The molecule has 1 rings (SSSR count). The predicted octanol–water partition coefficient (Wildman–Crippen LogP) is 4.71. The summed E-state index contributed by atoms with van der Waals surface area (Å²) in [7, 11) is 0. The van der Waals surface area contributed by atoms with Crippen LogP contribution in [-0.2, 0) is 0 Å². The van der Waals surface area contributed by atoms with Gasteiger partial charge in [0.1, 0.15) is 11.8 Å². The van der Waals surface area contributed by atoms with Crippen molar-refractivity contribution in [1.82, 2.24) is 0 Å². The number of hydrogen-bond acceptors (Lipinski definition) is 2. The minimum Gasteiger partial charge on any atom is -0.490 e. The molecule has 0 fully saturated rings. The van der Waals surface area contributed by atoms with Crippen molar-refractivity contribution >= 4 is 0 Å². The molecular weight excluding hydrogens is 210 g/mol. The number of rotatable bonds is 2. The van der Waals surface area contributed by atoms with Crippen LogP contribution in [0.25, 0.3) is 0 Å². The molecule has 0 saturated heterocycles. The highest BCUT2D eigenvalue weighted by molar-refractivity contribution is 5.45. The van der Waals surface area contributed by atoms with E-state index < -0.39 is 0 Å². The van der Waals surface area contributed by atoms with E-state index in [1.54, 1.807) is 0 Å². The predicted molar refractivity (Wildman–Crippen MR) is 74.4 cm³/mol. The minimum atomic E-state index is 0.106. The number of aryl methyl sites for hydroxylation is 1. The Kier molecular flexibility index (Phi) is 11.6. The molecule has 2 nitrogen and oxygen atoms in total. The summed E-state index contributed by atoms with van der Waals surface area (Å²) in [5.41, 5.74) is 1.68. The first-order chi connectivity index (χ1) is 8.13. The lowest BCUT2D eigenvalue weighted by Gasteiger charge is -2.10. The Morgan fingerprint density at radius 3 is 2.06 bits per heavy atom. The number of ether oxygens (including phenoxy) is 1. The summed E-state index contributed by atoms with van der Waals surface area (Å²) in [4.78, 5) is 0. The molecular formula is C15H25NO. The molecule has 0 unspecified atom stereocenters. The molecule has 0 aliphatic carbocycles. The first-order valence-electron chi connectivity index (χ1n) is 6.31. The van der Waals surface area contributed by atoms with Gasteiger partial charge in [0.2, 0.25) is 0 Å². The quantitative estimate of drug-likeness (QED) is 0.744. The summed E-state index contributed by atoms with van der Waals surface area (Å²) in [5.74, 6) is 0.670. The van der Waals surface area contributed by atoms with Crippen molar-refractivity contribution < 1.29 is 4.74 Å². The Balaban J connectivity index is 0. The standard InChI is InChI=1S/C11H13NO.2C2H6/c1-8(2)13-11-5-4-9(3)6-10(11)7-12;2*1-2/h4-6,8H,1-3H3;2*1-2H3. The van der Waals surface area contributed by atoms with Gasteiger partial charge in [-0.05, 0) is 38.5 Å². The lowest BCUT2D eigenvalue weighted by atomic mass is 10.1. The fourth-order valence-corrected chi connectivity index (χ4v) is 1.09. The molecule has 1 aromatic carbocycles. The maximum absolute atomic E-state index is 8.83. The summed E-state index contributed by atoms with van der Waals surface area (Å²) >= 11 is 0. The largest absolute Gasteiger partial charge is 0.490 e. The van der Waals surface area contributed by atoms with Crippen LogP contribution in [0.15, 0.2) is 18.2 Å². The van der Waals surface area contributed by atoms with E-state index in [4.69, 9.17) is 10.00 Å². The molecule has 0 saturated carbocycles. The van der Waals surface area contributed by atoms with Crippen molar-refractivity contribution in [1.29, 1.82) is 5.26 Å². The van der Waals surface area contributed by atoms with Gasteiger partial charge in [0, 0.05) is 0 Å². The van der Waals surface area contributed by atoms with Crippen molar-refractivity contribution in [3.05, 3.63) is 29.3 Å². The van der Waals surface area contributed by atoms with Gasteiger partial charge in [0.25, 0.3) is 0 Å². The van der Waals surface area contributed by atoms with Crippen molar-refractivity contribution in [3.8, 4) is 11.8 Å². The molecule has 0 radical (unpaired) electrons. The third-order valence-corrected chi connectivity index (χ3v) is 1.62. The third kappa shape index (κ3) is 7.41. The van der Waals surface area contributed by atoms with Crippen LogP contribution in [0.4, 0.5) is 0 Å². The average Bonchev–Trinajstić information content (AvgIpc) is 2.36. The highest BCUT2D eigenvalue weighted by Crippen LogP contribution is 2.19. The number of hydrogen-bond donors (Lipinski definition) is 0. The van der Waals surface area contributed by atoms with Crippen molar-refractivity contribution in [2.75, 3.05) is 0 Å². The second kappa shape index (κ2) is 11.0. The molecule has 0 aromatic heterocycles. The molecule has 0 spiro atoms. The molecule has 0 N–H and O–H groups in total. The van der Waals surface area contributed by atoms with E-state index in [-0.39, 0.29) is 6.10 Å². The van der Waals surface area contributed by atoms with Gasteiger partial charge in [-0.25, -0.2) is 0 Å². The molecule has 1 aromatic rings. The Hall–Kier alpha value is -1.49. The minimum absolute atomic E-state index is 0.106. The van der Waals surface area contributed by atoms with Crippen LogP contribution < -0.4 is 4.74 Å². The van der Waals surface area contributed by atoms with E-state index in [9.17, 15) is 0 Å². The molecule has 0 aliphatic rings. The van der Waals surface area contributed by atoms with Crippen LogP contribution >= 0.6 is 0 Å². The fraction of sp³-hybridized carbons (Fsp3) is 0.533. The molecule has 0 aliphatic heterocycles. The zero-order valence-corrected chi connectivity index (χ0v) is 12.2. The summed E-state index contributed by atoms with van der Waals surface area (Å²) in [5, 5.41) is 8.83. The molecule has 0 amide bonds. The average molecular weight is 235 g/mol. The zero-order chi connectivity index (χ0) is 13.8. The molecule has 17 heavy (non-hydrogen) atoms. The SMILES string of the molecule is CC.CC.Cc1ccc(OC(C)C)c(C#N)c1. The highest BCUT2D eigenvalue weighted by Gasteiger charge is 2.04. The maximum Gasteiger partial charge on any atom is 0.137 e. The van der Waals surface area contributed by atoms with E-state index in [0.717, 1.165) is 5.56 Å². The van der Waals surface area contributed by atoms with Crippen molar-refractivity contribution in [2.45, 2.75) is 54.6 Å². The van der Waals surface area contributed by atoms with Gasteiger partial charge in [-0.2, -0.15) is 5.26 Å². The van der Waals surface area contributed by atoms with Crippen LogP contribution in [-0.4, -0.2) is 6.10 Å². The van der Waals surface area contributed by atoms with Gasteiger partial charge in [0.05, 0.1) is 11.7 Å². The van der Waals surface area contributed by atoms with E-state index in [0.29, 0.717) is 11.3 Å². The number of nitriles is 1. The van der Waals surface area contributed by atoms with Crippen LogP contribution in [0.2, 0.25) is 0 Å². The van der Waals surface area contributed by atoms with Crippen LogP contribution in [0.1, 0.15) is 52.7 Å². The Morgan fingerprint density at radius 2 is 1.65 bits per heavy atom. The van der Waals surface area contributed by atoms with E-state index in [1.807, 2.05) is 66.7 Å². The Labute approximate surface area is 106 Å². The summed E-state index contributed by atoms with van der Waals surface area (Å²) in [6.07, 6.45) is 0.106. The van der Waals surface area contributed by atoms with E-state index in [1.165, 1.54) is 0 Å². The summed E-state index contributed by atoms with van der Waals surface area (Å²) < 4.78 is 5.47. The van der Waals surface area contributed by atoms with Gasteiger partial charge < -0.3 is 4.74 Å². The van der Waals surface area contributed by atoms with Crippen molar-refractivity contribution in [3.63, 3.8) is 0 Å². The van der Waals surface area contributed by atoms with Gasteiger partial charge in [0.15, 0.2) is 0 Å². The Morgan fingerprint density at radius 1 is 1.12 bits per heavy atom. The fourth-order valence-electron chi connectivity index (χ4n) is 1.09. The third-order valence-electron chi connectivity index (χ3n) is 1.62. The lowest BCUT2D eigenvalue weighted by Crippen LogP contribution is -2.06. The van der Waals surface area contributed by atoms with E-state index in [2.05, 4.69) is 6.07 Å². The summed E-state index contributed by atoms with van der Waals surface area (Å²) in [6, 6.07) is 7.73. The number of benzene rings is 1. The molecule has 2 heteroatoms. The zero-order valence-electron chi connectivity index (χ0n) is 12.2. The molecule has 0 atom stereocenters. The molecule has 96 valence electrons. The first kappa shape index (κ1) is 17.9. The van der Waals surface area contributed by atoms with Crippen LogP contribution in [0.3, 0.4) is 0 Å². The van der Waals surface area contributed by atoms with E-state index >= 15 is 0 Å². The number of nitrogens with zero attached hydrogens (tertiary/aromatic N) is 1. The highest BCUT2D eigenvalue weighted by atomic mass is 16.5. The Bertz CT molecular complexity index is 337. The smallest absolute Gasteiger partial charge is 0.137 e. The van der Waals surface area contributed by atoms with Gasteiger partial charge >= 0.3 is 0 Å². The van der Waals surface area contributed by atoms with Gasteiger partial charge in [-0.15, -0.1) is 0 Å². The van der Waals surface area contributed by atoms with Crippen LogP contribution in [0, 0.1) is 18.3 Å².